The van der Waals surface area contributed by atoms with Gasteiger partial charge in [-0.2, -0.15) is 0 Å². The van der Waals surface area contributed by atoms with Crippen molar-refractivity contribution in [1.82, 2.24) is 0 Å². The SMILES string of the molecule is CCO[Si](OCC)(OCC)P(CC)CC. The van der Waals surface area contributed by atoms with E-state index in [-0.39, 0.29) is 7.47 Å². The maximum absolute atomic E-state index is 5.88. The quantitative estimate of drug-likeness (QED) is 0.466. The summed E-state index contributed by atoms with van der Waals surface area (Å²) in [6.45, 7) is 12.5. The topological polar surface area (TPSA) is 27.7 Å². The van der Waals surface area contributed by atoms with Crippen molar-refractivity contribution >= 4 is 15.9 Å². The summed E-state index contributed by atoms with van der Waals surface area (Å²) in [5.74, 6) is 0. The molecule has 0 saturated heterocycles. The van der Waals surface area contributed by atoms with E-state index in [1.165, 1.54) is 0 Å². The van der Waals surface area contributed by atoms with E-state index in [9.17, 15) is 0 Å². The average molecular weight is 252 g/mol. The van der Waals surface area contributed by atoms with Crippen molar-refractivity contribution in [3.8, 4) is 0 Å². The molecule has 0 aromatic rings. The van der Waals surface area contributed by atoms with Gasteiger partial charge in [-0.25, -0.2) is 0 Å². The van der Waals surface area contributed by atoms with Gasteiger partial charge >= 0.3 is 8.47 Å². The molecule has 15 heavy (non-hydrogen) atoms. The van der Waals surface area contributed by atoms with E-state index >= 15 is 0 Å². The van der Waals surface area contributed by atoms with Crippen LogP contribution >= 0.6 is 7.47 Å². The van der Waals surface area contributed by atoms with Gasteiger partial charge in [0.2, 0.25) is 0 Å². The predicted molar refractivity (Wildman–Crippen MR) is 68.6 cm³/mol. The second-order valence-corrected chi connectivity index (χ2v) is 10.8. The fourth-order valence-electron chi connectivity index (χ4n) is 1.56. The molecule has 0 aliphatic rings. The highest BCUT2D eigenvalue weighted by atomic mass is 31.4. The Labute approximate surface area is 96.5 Å². The second kappa shape index (κ2) is 8.65. The van der Waals surface area contributed by atoms with Crippen LogP contribution in [-0.2, 0) is 13.3 Å². The molecule has 0 aliphatic carbocycles. The summed E-state index contributed by atoms with van der Waals surface area (Å²) in [5, 5.41) is 0. The summed E-state index contributed by atoms with van der Waals surface area (Å²) in [6.07, 6.45) is 2.25. The van der Waals surface area contributed by atoms with E-state index in [2.05, 4.69) is 13.8 Å². The minimum absolute atomic E-state index is 0.249. The van der Waals surface area contributed by atoms with Gasteiger partial charge < -0.3 is 13.3 Å². The van der Waals surface area contributed by atoms with Gasteiger partial charge in [0.25, 0.3) is 0 Å². The zero-order valence-corrected chi connectivity index (χ0v) is 12.6. The minimum Gasteiger partial charge on any atom is -0.371 e. The average Bonchev–Trinajstić information content (AvgIpc) is 2.20. The molecule has 0 amide bonds. The minimum atomic E-state index is -2.36. The molecule has 0 heterocycles. The molecular formula is C10H25O3PSi. The molecule has 0 radical (unpaired) electrons. The predicted octanol–water partition coefficient (Wildman–Crippen LogP) is 3.05. The highest BCUT2D eigenvalue weighted by molar-refractivity contribution is 7.91. The fraction of sp³-hybridized carbons (Fsp3) is 1.00. The van der Waals surface area contributed by atoms with E-state index in [4.69, 9.17) is 13.3 Å². The monoisotopic (exact) mass is 252 g/mol. The van der Waals surface area contributed by atoms with E-state index in [1.54, 1.807) is 0 Å². The van der Waals surface area contributed by atoms with Gasteiger partial charge in [0.15, 0.2) is 0 Å². The van der Waals surface area contributed by atoms with E-state index in [0.717, 1.165) is 12.3 Å². The number of hydrogen-bond donors (Lipinski definition) is 0. The van der Waals surface area contributed by atoms with Crippen LogP contribution in [0.2, 0.25) is 0 Å². The lowest BCUT2D eigenvalue weighted by molar-refractivity contribution is 0.0947. The van der Waals surface area contributed by atoms with Crippen LogP contribution in [0, 0.1) is 0 Å². The second-order valence-electron chi connectivity index (χ2n) is 3.00. The van der Waals surface area contributed by atoms with E-state index in [1.807, 2.05) is 20.8 Å². The van der Waals surface area contributed by atoms with Crippen LogP contribution in [0.4, 0.5) is 0 Å². The lowest BCUT2D eigenvalue weighted by Gasteiger charge is -2.34. The largest absolute Gasteiger partial charge is 0.526 e. The fourth-order valence-corrected chi connectivity index (χ4v) is 9.80. The highest BCUT2D eigenvalue weighted by Gasteiger charge is 2.47. The molecule has 0 rings (SSSR count). The first-order valence-electron chi connectivity index (χ1n) is 5.87. The van der Waals surface area contributed by atoms with Crippen LogP contribution < -0.4 is 0 Å². The van der Waals surface area contributed by atoms with Crippen molar-refractivity contribution < 1.29 is 13.3 Å². The Morgan fingerprint density at radius 2 is 1.07 bits per heavy atom. The Bertz CT molecular complexity index is 137. The zero-order valence-electron chi connectivity index (χ0n) is 10.7. The molecule has 3 nitrogen and oxygen atoms in total. The summed E-state index contributed by atoms with van der Waals surface area (Å²) >= 11 is 0. The lowest BCUT2D eigenvalue weighted by Crippen LogP contribution is -2.45. The first kappa shape index (κ1) is 15.5. The van der Waals surface area contributed by atoms with Crippen LogP contribution in [0.25, 0.3) is 0 Å². The summed E-state index contributed by atoms with van der Waals surface area (Å²) in [5.41, 5.74) is 0. The molecule has 0 aromatic heterocycles. The third-order valence-corrected chi connectivity index (χ3v) is 11.8. The van der Waals surface area contributed by atoms with Crippen molar-refractivity contribution in [2.45, 2.75) is 34.6 Å². The first-order valence-corrected chi connectivity index (χ1v) is 10.1. The van der Waals surface area contributed by atoms with Crippen LogP contribution in [0.1, 0.15) is 34.6 Å². The van der Waals surface area contributed by atoms with Crippen LogP contribution in [0.15, 0.2) is 0 Å². The Morgan fingerprint density at radius 1 is 0.733 bits per heavy atom. The van der Waals surface area contributed by atoms with Crippen molar-refractivity contribution in [1.29, 1.82) is 0 Å². The summed E-state index contributed by atoms with van der Waals surface area (Å²) in [7, 11) is -2.61. The van der Waals surface area contributed by atoms with Gasteiger partial charge in [-0.15, -0.1) is 0 Å². The third-order valence-electron chi connectivity index (χ3n) is 2.13. The Morgan fingerprint density at radius 3 is 1.27 bits per heavy atom. The Kier molecular flexibility index (Phi) is 8.96. The van der Waals surface area contributed by atoms with Crippen molar-refractivity contribution in [3.05, 3.63) is 0 Å². The molecule has 5 heteroatoms. The standard InChI is InChI=1S/C10H25O3PSi/c1-6-11-15(12-7-2,13-8-3)14(9-4)10-5/h6-10H2,1-5H3. The maximum Gasteiger partial charge on any atom is 0.526 e. The molecule has 0 fully saturated rings. The maximum atomic E-state index is 5.88. The van der Waals surface area contributed by atoms with Crippen LogP contribution in [0.5, 0.6) is 0 Å². The van der Waals surface area contributed by atoms with Gasteiger partial charge in [-0.3, -0.25) is 0 Å². The number of rotatable bonds is 9. The Hall–Kier alpha value is 0.527. The van der Waals surface area contributed by atoms with Gasteiger partial charge in [0.1, 0.15) is 0 Å². The van der Waals surface area contributed by atoms with E-state index < -0.39 is 8.47 Å². The normalized spacial score (nSPS) is 12.4. The molecule has 0 aliphatic heterocycles. The molecular weight excluding hydrogens is 227 g/mol. The van der Waals surface area contributed by atoms with Gasteiger partial charge in [0.05, 0.1) is 0 Å². The molecule has 0 spiro atoms. The molecule has 0 bridgehead atoms. The van der Waals surface area contributed by atoms with Crippen LogP contribution in [-0.4, -0.2) is 40.6 Å². The van der Waals surface area contributed by atoms with E-state index in [0.29, 0.717) is 19.8 Å². The Balaban J connectivity index is 4.71. The smallest absolute Gasteiger partial charge is 0.371 e. The first-order chi connectivity index (χ1) is 7.20. The number of hydrogen-bond acceptors (Lipinski definition) is 3. The summed E-state index contributed by atoms with van der Waals surface area (Å²) in [4.78, 5) is 0. The summed E-state index contributed by atoms with van der Waals surface area (Å²) < 4.78 is 17.6. The molecule has 0 unspecified atom stereocenters. The molecule has 0 aromatic carbocycles. The molecule has 0 atom stereocenters. The van der Waals surface area contributed by atoms with Crippen molar-refractivity contribution in [3.63, 3.8) is 0 Å². The van der Waals surface area contributed by atoms with Crippen molar-refractivity contribution in [2.75, 3.05) is 32.1 Å². The molecule has 0 N–H and O–H groups in total. The lowest BCUT2D eigenvalue weighted by atomic mass is 10.9. The van der Waals surface area contributed by atoms with Gasteiger partial charge in [-0.05, 0) is 40.6 Å². The zero-order chi connectivity index (χ0) is 11.7. The molecule has 0 saturated carbocycles. The third kappa shape index (κ3) is 4.49. The van der Waals surface area contributed by atoms with Crippen molar-refractivity contribution in [2.24, 2.45) is 0 Å². The van der Waals surface area contributed by atoms with Gasteiger partial charge in [-0.1, -0.05) is 13.8 Å². The van der Waals surface area contributed by atoms with Gasteiger partial charge in [0, 0.05) is 19.8 Å². The molecule has 92 valence electrons. The van der Waals surface area contributed by atoms with Crippen LogP contribution in [0.3, 0.4) is 0 Å². The highest BCUT2D eigenvalue weighted by Crippen LogP contribution is 2.47. The summed E-state index contributed by atoms with van der Waals surface area (Å²) in [6, 6.07) is 0.